The number of aliphatic hydroxyl groups excluding tert-OH is 1. The molecule has 1 aromatic rings. The molecule has 7 heteroatoms. The van der Waals surface area contributed by atoms with Crippen LogP contribution in [0.1, 0.15) is 130 Å². The van der Waals surface area contributed by atoms with Crippen molar-refractivity contribution in [1.29, 1.82) is 0 Å². The molecule has 1 rings (SSSR count). The van der Waals surface area contributed by atoms with Gasteiger partial charge in [-0.15, -0.1) is 0 Å². The fourth-order valence-electron chi connectivity index (χ4n) is 6.90. The fraction of sp³-hybridized carbons (Fsp3) is 0.765. The molecular formula is C34H60ClF3OSn2. The van der Waals surface area contributed by atoms with E-state index in [1.807, 2.05) is 12.1 Å². The molecule has 0 heterocycles. The van der Waals surface area contributed by atoms with Crippen LogP contribution < -0.4 is 0 Å². The van der Waals surface area contributed by atoms with Gasteiger partial charge >= 0.3 is 266 Å². The van der Waals surface area contributed by atoms with Crippen molar-refractivity contribution in [3.8, 4) is 0 Å². The van der Waals surface area contributed by atoms with Crippen molar-refractivity contribution in [1.82, 2.24) is 0 Å². The zero-order valence-electron chi connectivity index (χ0n) is 27.1. The first kappa shape index (κ1) is 39.6. The molecule has 41 heavy (non-hydrogen) atoms. The molecule has 1 N–H and O–H groups in total. The van der Waals surface area contributed by atoms with Gasteiger partial charge in [-0.05, 0) is 0 Å². The summed E-state index contributed by atoms with van der Waals surface area (Å²) in [6.45, 7) is 12.8. The van der Waals surface area contributed by atoms with Crippen molar-refractivity contribution in [2.75, 3.05) is 0 Å². The molecule has 1 unspecified atom stereocenters. The van der Waals surface area contributed by atoms with Crippen LogP contribution >= 0.6 is 11.6 Å². The Hall–Kier alpha value is 0.597. The Kier molecular flexibility index (Phi) is 19.9. The van der Waals surface area contributed by atoms with E-state index in [0.29, 0.717) is 14.2 Å². The van der Waals surface area contributed by atoms with Gasteiger partial charge < -0.3 is 0 Å². The number of benzene rings is 1. The second-order valence-corrected chi connectivity index (χ2v) is 38.9. The number of unbranched alkanes of at least 4 members (excludes halogenated alkanes) is 6. The third-order valence-corrected chi connectivity index (χ3v) is 43.4. The number of allylic oxidation sites excluding steroid dienone is 1. The first-order valence-electron chi connectivity index (χ1n) is 16.8. The molecule has 238 valence electrons. The molecule has 0 aliphatic heterocycles. The molecule has 1 atom stereocenters. The van der Waals surface area contributed by atoms with Gasteiger partial charge in [-0.3, -0.25) is 0 Å². The molecule has 0 amide bonds. The van der Waals surface area contributed by atoms with Crippen molar-refractivity contribution >= 4 is 48.4 Å². The standard InChI is InChI=1S/C10H6ClF3O.6C4H9.2Sn/c11-8-4-2-1-3-7(8)9(15)5-6-10(12,13)14;6*1-3-4-2;;/h1-4,9,15H;6*1,3-4H2,2H3;;. The number of rotatable bonds is 22. The van der Waals surface area contributed by atoms with Crippen LogP contribution in [0.15, 0.2) is 31.4 Å². The van der Waals surface area contributed by atoms with Gasteiger partial charge in [0, 0.05) is 0 Å². The van der Waals surface area contributed by atoms with Crippen LogP contribution in [-0.4, -0.2) is 48.0 Å². The SMILES string of the molecule is CCC[CH2][Sn]([CH2]CCC)([CH2]CCC)/[C](=[C](/C(F)(F)F)[Sn]([CH2]CCC)([CH2]CCC)[CH2]CCC)C(O)c1ccccc1Cl. The predicted octanol–water partition coefficient (Wildman–Crippen LogP) is 13.0. The summed E-state index contributed by atoms with van der Waals surface area (Å²) >= 11 is -1.20. The summed E-state index contributed by atoms with van der Waals surface area (Å²) in [5, 5.41) is 12.8. The summed E-state index contributed by atoms with van der Waals surface area (Å²) in [7, 11) is 0. The van der Waals surface area contributed by atoms with E-state index >= 15 is 13.2 Å². The molecule has 1 nitrogen and oxygen atoms in total. The molecule has 1 aromatic carbocycles. The Morgan fingerprint density at radius 2 is 1.00 bits per heavy atom. The van der Waals surface area contributed by atoms with Gasteiger partial charge in [0.15, 0.2) is 0 Å². The van der Waals surface area contributed by atoms with E-state index < -0.39 is 49.0 Å². The predicted molar refractivity (Wildman–Crippen MR) is 179 cm³/mol. The Labute approximate surface area is 264 Å². The van der Waals surface area contributed by atoms with Gasteiger partial charge in [0.25, 0.3) is 0 Å². The van der Waals surface area contributed by atoms with Crippen LogP contribution in [0, 0.1) is 0 Å². The van der Waals surface area contributed by atoms with Crippen molar-refractivity contribution in [3.63, 3.8) is 0 Å². The maximum atomic E-state index is 16.1. The van der Waals surface area contributed by atoms with Crippen LogP contribution in [-0.2, 0) is 0 Å². The second-order valence-electron chi connectivity index (χ2n) is 12.4. The molecule has 0 aromatic heterocycles. The van der Waals surface area contributed by atoms with Crippen LogP contribution in [0.3, 0.4) is 0 Å². The Bertz CT molecular complexity index is 843. The normalized spacial score (nSPS) is 14.3. The maximum absolute atomic E-state index is 16.1. The molecule has 0 saturated carbocycles. The van der Waals surface area contributed by atoms with Crippen LogP contribution in [0.4, 0.5) is 13.2 Å². The van der Waals surface area contributed by atoms with Crippen molar-refractivity contribution < 1.29 is 18.3 Å². The van der Waals surface area contributed by atoms with Gasteiger partial charge in [-0.2, -0.15) is 0 Å². The van der Waals surface area contributed by atoms with Gasteiger partial charge in [-0.1, -0.05) is 0 Å². The van der Waals surface area contributed by atoms with E-state index in [2.05, 4.69) is 41.5 Å². The van der Waals surface area contributed by atoms with Crippen LogP contribution in [0.5, 0.6) is 0 Å². The summed E-state index contributed by atoms with van der Waals surface area (Å²) in [5.74, 6) is 0. The van der Waals surface area contributed by atoms with E-state index in [4.69, 9.17) is 11.6 Å². The number of halogens is 4. The quantitative estimate of drug-likeness (QED) is 0.116. The zero-order chi connectivity index (χ0) is 30.9. The summed E-state index contributed by atoms with van der Waals surface area (Å²) < 4.78 is 53.7. The number of hydrogen-bond donors (Lipinski definition) is 1. The third kappa shape index (κ3) is 11.8. The van der Waals surface area contributed by atoms with Crippen molar-refractivity contribution in [3.05, 3.63) is 42.0 Å². The van der Waals surface area contributed by atoms with Gasteiger partial charge in [-0.25, -0.2) is 0 Å². The summed E-state index contributed by atoms with van der Waals surface area (Å²) in [5.41, 5.74) is 0.484. The summed E-state index contributed by atoms with van der Waals surface area (Å²) in [4.78, 5) is 0. The number of hydrogen-bond acceptors (Lipinski definition) is 1. The number of aliphatic hydroxyl groups is 1. The molecule has 0 aliphatic rings. The Morgan fingerprint density at radius 1 is 0.659 bits per heavy atom. The Balaban J connectivity index is 4.44. The topological polar surface area (TPSA) is 20.2 Å². The minimum atomic E-state index is -4.41. The molecular weight excluding hydrogens is 754 g/mol. The fourth-order valence-corrected chi connectivity index (χ4v) is 51.4. The molecule has 0 saturated heterocycles. The van der Waals surface area contributed by atoms with Crippen molar-refractivity contribution in [2.24, 2.45) is 0 Å². The number of alkyl halides is 3. The Morgan fingerprint density at radius 3 is 1.32 bits per heavy atom. The third-order valence-electron chi connectivity index (χ3n) is 9.18. The first-order valence-corrected chi connectivity index (χ1v) is 32.1. The van der Waals surface area contributed by atoms with Gasteiger partial charge in [0.1, 0.15) is 0 Å². The van der Waals surface area contributed by atoms with E-state index in [0.717, 1.165) is 104 Å². The molecule has 0 fully saturated rings. The van der Waals surface area contributed by atoms with E-state index in [-0.39, 0.29) is 3.59 Å². The first-order chi connectivity index (χ1) is 19.5. The van der Waals surface area contributed by atoms with E-state index in [9.17, 15) is 5.11 Å². The molecule has 0 bridgehead atoms. The molecule has 0 spiro atoms. The second kappa shape index (κ2) is 20.6. The summed E-state index contributed by atoms with van der Waals surface area (Å²) in [6, 6.07) is 7.13. The van der Waals surface area contributed by atoms with Gasteiger partial charge in [0.05, 0.1) is 0 Å². The summed E-state index contributed by atoms with van der Waals surface area (Å²) in [6.07, 6.45) is 5.47. The van der Waals surface area contributed by atoms with E-state index in [1.54, 1.807) is 12.1 Å². The van der Waals surface area contributed by atoms with Crippen molar-refractivity contribution in [2.45, 2.75) is 157 Å². The average Bonchev–Trinajstić information content (AvgIpc) is 2.95. The zero-order valence-corrected chi connectivity index (χ0v) is 33.5. The molecule has 0 radical (unpaired) electrons. The minimum absolute atomic E-state index is 0.103. The monoisotopic (exact) mass is 816 g/mol. The molecule has 0 aliphatic carbocycles. The van der Waals surface area contributed by atoms with Gasteiger partial charge in [0.2, 0.25) is 0 Å². The average molecular weight is 815 g/mol. The van der Waals surface area contributed by atoms with Crippen LogP contribution in [0.2, 0.25) is 31.6 Å². The van der Waals surface area contributed by atoms with E-state index in [1.165, 1.54) is 0 Å². The van der Waals surface area contributed by atoms with Crippen LogP contribution in [0.25, 0.3) is 0 Å².